The maximum Gasteiger partial charge on any atom is 0.408 e. The lowest BCUT2D eigenvalue weighted by Crippen LogP contribution is -2.57. The number of ether oxygens (including phenoxy) is 3. The minimum atomic E-state index is -1.01. The second-order valence-electron chi connectivity index (χ2n) is 11.0. The highest BCUT2D eigenvalue weighted by Crippen LogP contribution is 2.16. The Balaban J connectivity index is 2.35. The number of hydrogen-bond acceptors (Lipinski definition) is 8. The van der Waals surface area contributed by atoms with Gasteiger partial charge in [-0.25, -0.2) is 9.59 Å². The Bertz CT molecular complexity index is 963. The molecule has 0 aliphatic carbocycles. The van der Waals surface area contributed by atoms with Crippen LogP contribution in [-0.2, 0) is 30.3 Å². The molecule has 3 N–H and O–H groups in total. The van der Waals surface area contributed by atoms with E-state index in [9.17, 15) is 19.2 Å². The third-order valence-corrected chi connectivity index (χ3v) is 6.90. The van der Waals surface area contributed by atoms with Gasteiger partial charge in [-0.15, -0.1) is 0 Å². The van der Waals surface area contributed by atoms with Crippen LogP contribution in [0.2, 0.25) is 0 Å². The SMILES string of the molecule is COC(=O)[C@@H]1CSCCCCOc2ccc(cc2)C[C@H](NC(=O)OC(C)(C)C)C(=O)N[C@@H](CC(C)C)C(=O)N1. The van der Waals surface area contributed by atoms with Crippen molar-refractivity contribution in [3.8, 4) is 5.75 Å². The van der Waals surface area contributed by atoms with E-state index in [2.05, 4.69) is 16.0 Å². The number of fused-ring (bicyclic) bond motifs is 16. The van der Waals surface area contributed by atoms with E-state index in [-0.39, 0.29) is 12.3 Å². The molecule has 218 valence electrons. The number of thioether (sulfide) groups is 1. The second-order valence-corrected chi connectivity index (χ2v) is 12.1. The lowest BCUT2D eigenvalue weighted by atomic mass is 10.0. The molecule has 1 aromatic carbocycles. The Hall–Kier alpha value is -2.95. The van der Waals surface area contributed by atoms with Crippen molar-refractivity contribution in [3.63, 3.8) is 0 Å². The van der Waals surface area contributed by atoms with Crippen molar-refractivity contribution < 1.29 is 33.4 Å². The summed E-state index contributed by atoms with van der Waals surface area (Å²) in [5.41, 5.74) is 0.0397. The number of carbonyl (C=O) groups is 4. The number of alkyl carbamates (subject to hydrolysis) is 1. The molecule has 11 heteroatoms. The van der Waals surface area contributed by atoms with Crippen LogP contribution in [0, 0.1) is 5.92 Å². The van der Waals surface area contributed by atoms with Gasteiger partial charge in [-0.2, -0.15) is 11.8 Å². The quantitative estimate of drug-likeness (QED) is 0.474. The van der Waals surface area contributed by atoms with Gasteiger partial charge in [0.2, 0.25) is 11.8 Å². The van der Waals surface area contributed by atoms with E-state index in [0.717, 1.165) is 24.2 Å². The molecule has 39 heavy (non-hydrogen) atoms. The molecule has 2 bridgehead atoms. The van der Waals surface area contributed by atoms with E-state index in [1.807, 2.05) is 38.1 Å². The van der Waals surface area contributed by atoms with Crippen LogP contribution in [0.3, 0.4) is 0 Å². The van der Waals surface area contributed by atoms with E-state index >= 15 is 0 Å². The zero-order valence-electron chi connectivity index (χ0n) is 23.8. The van der Waals surface area contributed by atoms with E-state index in [1.54, 1.807) is 20.8 Å². The van der Waals surface area contributed by atoms with Gasteiger partial charge >= 0.3 is 12.1 Å². The first-order valence-electron chi connectivity index (χ1n) is 13.4. The van der Waals surface area contributed by atoms with E-state index < -0.39 is 47.6 Å². The van der Waals surface area contributed by atoms with Crippen molar-refractivity contribution in [2.75, 3.05) is 25.2 Å². The Morgan fingerprint density at radius 1 is 1.10 bits per heavy atom. The summed E-state index contributed by atoms with van der Waals surface area (Å²) in [5.74, 6) is 0.331. The molecule has 1 aromatic rings. The van der Waals surface area contributed by atoms with Gasteiger partial charge in [-0.05, 0) is 69.4 Å². The minimum absolute atomic E-state index is 0.0680. The van der Waals surface area contributed by atoms with Crippen molar-refractivity contribution in [1.82, 2.24) is 16.0 Å². The highest BCUT2D eigenvalue weighted by molar-refractivity contribution is 7.99. The number of carbonyl (C=O) groups excluding carboxylic acids is 4. The lowest BCUT2D eigenvalue weighted by molar-refractivity contribution is -0.144. The number of rotatable bonds is 4. The van der Waals surface area contributed by atoms with Crippen LogP contribution in [0.15, 0.2) is 24.3 Å². The summed E-state index contributed by atoms with van der Waals surface area (Å²) in [5, 5.41) is 8.20. The predicted molar refractivity (Wildman–Crippen MR) is 151 cm³/mol. The number of benzene rings is 1. The Labute approximate surface area is 235 Å². The van der Waals surface area contributed by atoms with Crippen molar-refractivity contribution in [1.29, 1.82) is 0 Å². The predicted octanol–water partition coefficient (Wildman–Crippen LogP) is 3.22. The van der Waals surface area contributed by atoms with Crippen molar-refractivity contribution in [2.45, 2.75) is 84.0 Å². The normalized spacial score (nSPS) is 21.9. The number of methoxy groups -OCH3 is 1. The minimum Gasteiger partial charge on any atom is -0.494 e. The molecule has 0 unspecified atom stereocenters. The summed E-state index contributed by atoms with van der Waals surface area (Å²) < 4.78 is 16.1. The summed E-state index contributed by atoms with van der Waals surface area (Å²) in [6, 6.07) is 4.56. The van der Waals surface area contributed by atoms with Crippen LogP contribution in [0.25, 0.3) is 0 Å². The molecule has 2 aliphatic heterocycles. The van der Waals surface area contributed by atoms with E-state index in [0.29, 0.717) is 24.5 Å². The molecule has 0 radical (unpaired) electrons. The first kappa shape index (κ1) is 32.3. The van der Waals surface area contributed by atoms with Gasteiger partial charge in [0, 0.05) is 12.2 Å². The second kappa shape index (κ2) is 15.6. The van der Waals surface area contributed by atoms with Crippen molar-refractivity contribution in [2.24, 2.45) is 5.92 Å². The van der Waals surface area contributed by atoms with E-state index in [1.165, 1.54) is 18.9 Å². The monoisotopic (exact) mass is 565 g/mol. The third kappa shape index (κ3) is 12.2. The number of amides is 3. The van der Waals surface area contributed by atoms with Gasteiger partial charge < -0.3 is 30.2 Å². The fourth-order valence-corrected chi connectivity index (χ4v) is 4.90. The molecule has 3 amide bonds. The number of hydrogen-bond donors (Lipinski definition) is 3. The van der Waals surface area contributed by atoms with Gasteiger partial charge in [-0.3, -0.25) is 9.59 Å². The molecular weight excluding hydrogens is 522 g/mol. The average Bonchev–Trinajstić information content (AvgIpc) is 2.85. The molecule has 2 aliphatic rings. The topological polar surface area (TPSA) is 132 Å². The molecule has 3 atom stereocenters. The van der Waals surface area contributed by atoms with Crippen LogP contribution >= 0.6 is 11.8 Å². The molecule has 0 fully saturated rings. The van der Waals surface area contributed by atoms with Crippen LogP contribution < -0.4 is 20.7 Å². The summed E-state index contributed by atoms with van der Waals surface area (Å²) >= 11 is 1.54. The van der Waals surface area contributed by atoms with Crippen LogP contribution in [-0.4, -0.2) is 72.8 Å². The molecule has 0 aromatic heterocycles. The smallest absolute Gasteiger partial charge is 0.408 e. The third-order valence-electron chi connectivity index (χ3n) is 5.75. The number of nitrogens with one attached hydrogen (secondary N) is 3. The molecular formula is C28H43N3O7S. The van der Waals surface area contributed by atoms with Gasteiger partial charge in [0.1, 0.15) is 29.5 Å². The molecule has 0 saturated heterocycles. The van der Waals surface area contributed by atoms with Gasteiger partial charge in [0.25, 0.3) is 0 Å². The Morgan fingerprint density at radius 2 is 1.79 bits per heavy atom. The fourth-order valence-electron chi connectivity index (χ4n) is 3.87. The maximum atomic E-state index is 13.5. The zero-order chi connectivity index (χ0) is 29.0. The summed E-state index contributed by atoms with van der Waals surface area (Å²) in [4.78, 5) is 51.8. The zero-order valence-corrected chi connectivity index (χ0v) is 24.7. The number of esters is 1. The summed E-state index contributed by atoms with van der Waals surface area (Å²) in [6.45, 7) is 9.60. The average molecular weight is 566 g/mol. The molecule has 0 saturated carbocycles. The molecule has 3 rings (SSSR count). The van der Waals surface area contributed by atoms with Crippen LogP contribution in [0.1, 0.15) is 59.4 Å². The fraction of sp³-hybridized carbons (Fsp3) is 0.643. The summed E-state index contributed by atoms with van der Waals surface area (Å²) in [7, 11) is 1.27. The Kier molecular flexibility index (Phi) is 12.9. The first-order valence-corrected chi connectivity index (χ1v) is 14.5. The lowest BCUT2D eigenvalue weighted by Gasteiger charge is -2.27. The van der Waals surface area contributed by atoms with Gasteiger partial charge in [-0.1, -0.05) is 26.0 Å². The van der Waals surface area contributed by atoms with Crippen LogP contribution in [0.5, 0.6) is 5.75 Å². The first-order chi connectivity index (χ1) is 18.4. The highest BCUT2D eigenvalue weighted by atomic mass is 32.2. The maximum absolute atomic E-state index is 13.5. The molecule has 0 spiro atoms. The van der Waals surface area contributed by atoms with Gasteiger partial charge in [0.05, 0.1) is 13.7 Å². The van der Waals surface area contributed by atoms with E-state index in [4.69, 9.17) is 14.2 Å². The van der Waals surface area contributed by atoms with Crippen molar-refractivity contribution in [3.05, 3.63) is 29.8 Å². The Morgan fingerprint density at radius 3 is 2.41 bits per heavy atom. The van der Waals surface area contributed by atoms with Gasteiger partial charge in [0.15, 0.2) is 0 Å². The molecule has 2 heterocycles. The molecule has 10 nitrogen and oxygen atoms in total. The van der Waals surface area contributed by atoms with Crippen molar-refractivity contribution >= 4 is 35.6 Å². The summed E-state index contributed by atoms with van der Waals surface area (Å²) in [6.07, 6.45) is 1.48. The van der Waals surface area contributed by atoms with Crippen LogP contribution in [0.4, 0.5) is 4.79 Å². The largest absolute Gasteiger partial charge is 0.494 e. The standard InChI is InChI=1S/C28H43N3O7S/c1-18(2)15-21-24(32)30-23(26(34)36-6)17-39-14-8-7-13-37-20-11-9-19(10-12-20)16-22(25(33)29-21)31-27(35)38-28(3,4)5/h9-12,18,21-23H,7-8,13-17H2,1-6H3,(H,29,33)(H,30,32)(H,31,35)/t21-,22-,23-/m0/s1. The highest BCUT2D eigenvalue weighted by Gasteiger charge is 2.31.